The maximum Gasteiger partial charge on any atom is 0.223 e. The molecule has 2 amide bonds. The van der Waals surface area contributed by atoms with Gasteiger partial charge in [0.15, 0.2) is 0 Å². The average molecular weight is 255 g/mol. The van der Waals surface area contributed by atoms with E-state index in [1.165, 1.54) is 0 Å². The van der Waals surface area contributed by atoms with Gasteiger partial charge in [0.1, 0.15) is 0 Å². The zero-order chi connectivity index (χ0) is 12.8. The van der Waals surface area contributed by atoms with Gasteiger partial charge in [-0.3, -0.25) is 9.59 Å². The first kappa shape index (κ1) is 13.3. The van der Waals surface area contributed by atoms with Crippen LogP contribution in [0.5, 0.6) is 0 Å². The number of rotatable bonds is 6. The highest BCUT2D eigenvalue weighted by atomic mass is 16.5. The van der Waals surface area contributed by atoms with Crippen molar-refractivity contribution in [1.29, 1.82) is 0 Å². The Labute approximate surface area is 107 Å². The molecule has 1 aliphatic heterocycles. The molecular formula is C12H21N3O3. The van der Waals surface area contributed by atoms with Crippen LogP contribution in [-0.2, 0) is 14.3 Å². The van der Waals surface area contributed by atoms with Crippen molar-refractivity contribution in [3.63, 3.8) is 0 Å². The normalized spacial score (nSPS) is 23.4. The molecule has 2 rings (SSSR count). The Morgan fingerprint density at radius 2 is 2.00 bits per heavy atom. The molecule has 1 heterocycles. The van der Waals surface area contributed by atoms with Crippen LogP contribution in [0.3, 0.4) is 0 Å². The van der Waals surface area contributed by atoms with E-state index in [1.54, 1.807) is 0 Å². The molecule has 0 radical (unpaired) electrons. The SMILES string of the molecule is O=C(CC1COCCN1)NCCNC(=O)C1CC1. The van der Waals surface area contributed by atoms with E-state index in [0.29, 0.717) is 32.7 Å². The third kappa shape index (κ3) is 4.62. The van der Waals surface area contributed by atoms with Gasteiger partial charge in [-0.2, -0.15) is 0 Å². The van der Waals surface area contributed by atoms with E-state index in [4.69, 9.17) is 4.74 Å². The Balaban J connectivity index is 1.49. The smallest absolute Gasteiger partial charge is 0.223 e. The standard InChI is InChI=1S/C12H21N3O3/c16-11(7-10-8-18-6-5-13-10)14-3-4-15-12(17)9-1-2-9/h9-10,13H,1-8H2,(H,14,16)(H,15,17). The van der Waals surface area contributed by atoms with Gasteiger partial charge >= 0.3 is 0 Å². The molecule has 1 unspecified atom stereocenters. The minimum absolute atomic E-state index is 0.00123. The molecule has 0 aromatic rings. The van der Waals surface area contributed by atoms with Crippen LogP contribution in [0.4, 0.5) is 0 Å². The average Bonchev–Trinajstić information content (AvgIpc) is 3.20. The van der Waals surface area contributed by atoms with E-state index in [0.717, 1.165) is 19.4 Å². The molecule has 6 nitrogen and oxygen atoms in total. The second-order valence-corrected chi connectivity index (χ2v) is 4.85. The molecule has 1 saturated carbocycles. The molecular weight excluding hydrogens is 234 g/mol. The molecule has 2 aliphatic rings. The van der Waals surface area contributed by atoms with E-state index in [-0.39, 0.29) is 23.8 Å². The third-order valence-corrected chi connectivity index (χ3v) is 3.12. The molecule has 1 aliphatic carbocycles. The van der Waals surface area contributed by atoms with Crippen molar-refractivity contribution in [2.24, 2.45) is 5.92 Å². The maximum atomic E-state index is 11.6. The summed E-state index contributed by atoms with van der Waals surface area (Å²) < 4.78 is 5.27. The highest BCUT2D eigenvalue weighted by Gasteiger charge is 2.29. The fraction of sp³-hybridized carbons (Fsp3) is 0.833. The summed E-state index contributed by atoms with van der Waals surface area (Å²) in [5.41, 5.74) is 0. The van der Waals surface area contributed by atoms with E-state index < -0.39 is 0 Å². The van der Waals surface area contributed by atoms with Crippen LogP contribution in [0, 0.1) is 5.92 Å². The Morgan fingerprint density at radius 1 is 1.22 bits per heavy atom. The van der Waals surface area contributed by atoms with Gasteiger partial charge in [0, 0.05) is 38.0 Å². The van der Waals surface area contributed by atoms with Gasteiger partial charge in [0.25, 0.3) is 0 Å². The first-order valence-corrected chi connectivity index (χ1v) is 6.61. The molecule has 0 spiro atoms. The predicted octanol–water partition coefficient (Wildman–Crippen LogP) is -0.993. The highest BCUT2D eigenvalue weighted by Crippen LogP contribution is 2.28. The summed E-state index contributed by atoms with van der Waals surface area (Å²) in [6.45, 7) is 3.10. The fourth-order valence-electron chi connectivity index (χ4n) is 1.92. The third-order valence-electron chi connectivity index (χ3n) is 3.12. The van der Waals surface area contributed by atoms with E-state index in [2.05, 4.69) is 16.0 Å². The lowest BCUT2D eigenvalue weighted by Crippen LogP contribution is -2.45. The second kappa shape index (κ2) is 6.70. The van der Waals surface area contributed by atoms with E-state index in [1.807, 2.05) is 0 Å². The Hall–Kier alpha value is -1.14. The Bertz CT molecular complexity index is 299. The largest absolute Gasteiger partial charge is 0.378 e. The molecule has 1 atom stereocenters. The summed E-state index contributed by atoms with van der Waals surface area (Å²) in [4.78, 5) is 22.9. The summed E-state index contributed by atoms with van der Waals surface area (Å²) in [6.07, 6.45) is 2.44. The molecule has 6 heteroatoms. The molecule has 1 saturated heterocycles. The van der Waals surface area contributed by atoms with E-state index in [9.17, 15) is 9.59 Å². The number of hydrogen-bond acceptors (Lipinski definition) is 4. The molecule has 0 aromatic carbocycles. The number of hydrogen-bond donors (Lipinski definition) is 3. The summed E-state index contributed by atoms with van der Waals surface area (Å²) in [5.74, 6) is 0.342. The molecule has 0 aromatic heterocycles. The monoisotopic (exact) mass is 255 g/mol. The first-order valence-electron chi connectivity index (χ1n) is 6.61. The van der Waals surface area contributed by atoms with Crippen LogP contribution in [0.1, 0.15) is 19.3 Å². The van der Waals surface area contributed by atoms with Crippen LogP contribution >= 0.6 is 0 Å². The quantitative estimate of drug-likeness (QED) is 0.532. The number of amides is 2. The van der Waals surface area contributed by atoms with Crippen molar-refractivity contribution in [1.82, 2.24) is 16.0 Å². The van der Waals surface area contributed by atoms with Gasteiger partial charge in [-0.25, -0.2) is 0 Å². The summed E-state index contributed by atoms with van der Waals surface area (Å²) in [5, 5.41) is 8.83. The Kier molecular flexibility index (Phi) is 4.95. The van der Waals surface area contributed by atoms with Gasteiger partial charge in [-0.05, 0) is 12.8 Å². The topological polar surface area (TPSA) is 79.5 Å². The summed E-state index contributed by atoms with van der Waals surface area (Å²) >= 11 is 0. The lowest BCUT2D eigenvalue weighted by molar-refractivity contribution is -0.124. The summed E-state index contributed by atoms with van der Waals surface area (Å²) in [6, 6.07) is 0.111. The van der Waals surface area contributed by atoms with Crippen LogP contribution in [0.2, 0.25) is 0 Å². The first-order chi connectivity index (χ1) is 8.75. The number of carbonyl (C=O) groups excluding carboxylic acids is 2. The van der Waals surface area contributed by atoms with Gasteiger partial charge < -0.3 is 20.7 Å². The van der Waals surface area contributed by atoms with Crippen LogP contribution in [0.15, 0.2) is 0 Å². The number of ether oxygens (including phenoxy) is 1. The molecule has 3 N–H and O–H groups in total. The number of morpholine rings is 1. The zero-order valence-electron chi connectivity index (χ0n) is 10.5. The van der Waals surface area contributed by atoms with Crippen molar-refractivity contribution < 1.29 is 14.3 Å². The molecule has 102 valence electrons. The van der Waals surface area contributed by atoms with Crippen molar-refractivity contribution in [3.8, 4) is 0 Å². The highest BCUT2D eigenvalue weighted by molar-refractivity contribution is 5.81. The zero-order valence-corrected chi connectivity index (χ0v) is 10.5. The van der Waals surface area contributed by atoms with Crippen LogP contribution in [-0.4, -0.2) is 50.7 Å². The Morgan fingerprint density at radius 3 is 2.67 bits per heavy atom. The predicted molar refractivity (Wildman–Crippen MR) is 66.0 cm³/mol. The van der Waals surface area contributed by atoms with Crippen molar-refractivity contribution >= 4 is 11.8 Å². The minimum Gasteiger partial charge on any atom is -0.378 e. The molecule has 2 fully saturated rings. The number of carbonyl (C=O) groups is 2. The van der Waals surface area contributed by atoms with Gasteiger partial charge in [0.05, 0.1) is 13.2 Å². The van der Waals surface area contributed by atoms with Gasteiger partial charge in [-0.1, -0.05) is 0 Å². The fourth-order valence-corrected chi connectivity index (χ4v) is 1.92. The van der Waals surface area contributed by atoms with E-state index >= 15 is 0 Å². The van der Waals surface area contributed by atoms with Crippen molar-refractivity contribution in [2.45, 2.75) is 25.3 Å². The van der Waals surface area contributed by atoms with Gasteiger partial charge in [0.2, 0.25) is 11.8 Å². The summed E-state index contributed by atoms with van der Waals surface area (Å²) in [7, 11) is 0. The van der Waals surface area contributed by atoms with Gasteiger partial charge in [-0.15, -0.1) is 0 Å². The van der Waals surface area contributed by atoms with Crippen molar-refractivity contribution in [2.75, 3.05) is 32.8 Å². The van der Waals surface area contributed by atoms with Crippen molar-refractivity contribution in [3.05, 3.63) is 0 Å². The van der Waals surface area contributed by atoms with Crippen LogP contribution < -0.4 is 16.0 Å². The lowest BCUT2D eigenvalue weighted by Gasteiger charge is -2.23. The molecule has 18 heavy (non-hydrogen) atoms. The minimum atomic E-state index is -0.00123. The molecule has 0 bridgehead atoms. The van der Waals surface area contributed by atoms with Crippen LogP contribution in [0.25, 0.3) is 0 Å². The second-order valence-electron chi connectivity index (χ2n) is 4.85. The lowest BCUT2D eigenvalue weighted by atomic mass is 10.2. The number of nitrogens with one attached hydrogen (secondary N) is 3. The maximum absolute atomic E-state index is 11.6.